The lowest BCUT2D eigenvalue weighted by atomic mass is 9.86. The number of carbonyl (C=O) groups is 1. The van der Waals surface area contributed by atoms with Crippen LogP contribution in [0.5, 0.6) is 0 Å². The van der Waals surface area contributed by atoms with Crippen LogP contribution in [0.25, 0.3) is 0 Å². The maximum Gasteiger partial charge on any atom is 0.130 e. The lowest BCUT2D eigenvalue weighted by molar-refractivity contribution is -0.111. The molecule has 1 nitrogen and oxygen atoms in total. The van der Waals surface area contributed by atoms with E-state index in [2.05, 4.69) is 15.9 Å². The number of benzene rings is 1. The Morgan fingerprint density at radius 1 is 1.46 bits per heavy atom. The van der Waals surface area contributed by atoms with E-state index < -0.39 is 5.41 Å². The van der Waals surface area contributed by atoms with Gasteiger partial charge in [-0.3, -0.25) is 0 Å². The third kappa shape index (κ3) is 2.32. The van der Waals surface area contributed by atoms with Crippen molar-refractivity contribution in [3.63, 3.8) is 0 Å². The lowest BCUT2D eigenvalue weighted by Crippen LogP contribution is -2.19. The fourth-order valence-electron chi connectivity index (χ4n) is 1.05. The lowest BCUT2D eigenvalue weighted by Gasteiger charge is -2.19. The predicted molar refractivity (Wildman–Crippen MR) is 58.2 cm³/mol. The Bertz CT molecular complexity index is 334. The predicted octanol–water partition coefficient (Wildman–Crippen LogP) is 3.58. The SMILES string of the molecule is CC(C)(C=O)c1cc(Br)ccc1Cl. The van der Waals surface area contributed by atoms with E-state index in [4.69, 9.17) is 11.6 Å². The molecule has 0 radical (unpaired) electrons. The van der Waals surface area contributed by atoms with Gasteiger partial charge < -0.3 is 4.79 Å². The van der Waals surface area contributed by atoms with E-state index in [0.29, 0.717) is 5.02 Å². The van der Waals surface area contributed by atoms with Crippen molar-refractivity contribution in [2.75, 3.05) is 0 Å². The van der Waals surface area contributed by atoms with Crippen LogP contribution in [0.4, 0.5) is 0 Å². The van der Waals surface area contributed by atoms with Crippen LogP contribution in [0.15, 0.2) is 22.7 Å². The van der Waals surface area contributed by atoms with Crippen LogP contribution in [0.3, 0.4) is 0 Å². The van der Waals surface area contributed by atoms with E-state index in [9.17, 15) is 4.79 Å². The number of rotatable bonds is 2. The van der Waals surface area contributed by atoms with Gasteiger partial charge >= 0.3 is 0 Å². The van der Waals surface area contributed by atoms with Crippen molar-refractivity contribution in [1.29, 1.82) is 0 Å². The number of aldehydes is 1. The number of hydrogen-bond donors (Lipinski definition) is 0. The summed E-state index contributed by atoms with van der Waals surface area (Å²) in [7, 11) is 0. The van der Waals surface area contributed by atoms with E-state index >= 15 is 0 Å². The average molecular weight is 262 g/mol. The molecule has 1 rings (SSSR count). The van der Waals surface area contributed by atoms with Crippen LogP contribution >= 0.6 is 27.5 Å². The molecule has 0 saturated heterocycles. The number of hydrogen-bond acceptors (Lipinski definition) is 1. The van der Waals surface area contributed by atoms with Crippen LogP contribution < -0.4 is 0 Å². The maximum atomic E-state index is 10.8. The number of carbonyl (C=O) groups excluding carboxylic acids is 1. The second-order valence-corrected chi connectivity index (χ2v) is 4.79. The Morgan fingerprint density at radius 3 is 2.62 bits per heavy atom. The van der Waals surface area contributed by atoms with Gasteiger partial charge in [0.05, 0.1) is 0 Å². The highest BCUT2D eigenvalue weighted by Gasteiger charge is 2.22. The average Bonchev–Trinajstić information content (AvgIpc) is 2.09. The molecular formula is C10H10BrClO. The molecule has 0 heterocycles. The van der Waals surface area contributed by atoms with Gasteiger partial charge in [0.15, 0.2) is 0 Å². The second kappa shape index (κ2) is 3.81. The van der Waals surface area contributed by atoms with Crippen molar-refractivity contribution in [2.24, 2.45) is 0 Å². The monoisotopic (exact) mass is 260 g/mol. The molecule has 1 aromatic rings. The van der Waals surface area contributed by atoms with E-state index in [1.807, 2.05) is 26.0 Å². The van der Waals surface area contributed by atoms with Crippen molar-refractivity contribution in [3.05, 3.63) is 33.3 Å². The van der Waals surface area contributed by atoms with E-state index in [0.717, 1.165) is 16.3 Å². The molecular weight excluding hydrogens is 251 g/mol. The van der Waals surface area contributed by atoms with Crippen LogP contribution in [0.1, 0.15) is 19.4 Å². The summed E-state index contributed by atoms with van der Waals surface area (Å²) < 4.78 is 0.932. The summed E-state index contributed by atoms with van der Waals surface area (Å²) in [6.45, 7) is 3.68. The Morgan fingerprint density at radius 2 is 2.08 bits per heavy atom. The van der Waals surface area contributed by atoms with Crippen molar-refractivity contribution in [1.82, 2.24) is 0 Å². The molecule has 70 valence electrons. The minimum absolute atomic E-state index is 0.527. The Balaban J connectivity index is 3.28. The highest BCUT2D eigenvalue weighted by Crippen LogP contribution is 2.30. The summed E-state index contributed by atoms with van der Waals surface area (Å²) in [6.07, 6.45) is 0.903. The molecule has 0 bridgehead atoms. The van der Waals surface area contributed by atoms with E-state index in [1.54, 1.807) is 6.07 Å². The first kappa shape index (κ1) is 10.7. The van der Waals surface area contributed by atoms with Crippen LogP contribution in [-0.2, 0) is 10.2 Å². The summed E-state index contributed by atoms with van der Waals surface area (Å²) in [5.74, 6) is 0. The van der Waals surface area contributed by atoms with Gasteiger partial charge in [-0.1, -0.05) is 27.5 Å². The second-order valence-electron chi connectivity index (χ2n) is 3.46. The highest BCUT2D eigenvalue weighted by molar-refractivity contribution is 9.10. The van der Waals surface area contributed by atoms with Gasteiger partial charge in [0.25, 0.3) is 0 Å². The van der Waals surface area contributed by atoms with Gasteiger partial charge in [-0.2, -0.15) is 0 Å². The van der Waals surface area contributed by atoms with Gasteiger partial charge in [-0.25, -0.2) is 0 Å². The first-order chi connectivity index (χ1) is 5.97. The van der Waals surface area contributed by atoms with Gasteiger partial charge in [-0.15, -0.1) is 0 Å². The molecule has 0 unspecified atom stereocenters. The fraction of sp³-hybridized carbons (Fsp3) is 0.300. The summed E-state index contributed by atoms with van der Waals surface area (Å²) in [5.41, 5.74) is 0.319. The van der Waals surface area contributed by atoms with Crippen molar-refractivity contribution in [3.8, 4) is 0 Å². The van der Waals surface area contributed by atoms with Gasteiger partial charge in [0.1, 0.15) is 6.29 Å². The standard InChI is InChI=1S/C10H10BrClO/c1-10(2,6-13)8-5-7(11)3-4-9(8)12/h3-6H,1-2H3. The molecule has 0 atom stereocenters. The molecule has 0 N–H and O–H groups in total. The van der Waals surface area contributed by atoms with Crippen molar-refractivity contribution >= 4 is 33.8 Å². The van der Waals surface area contributed by atoms with E-state index in [1.165, 1.54) is 0 Å². The third-order valence-corrected chi connectivity index (χ3v) is 2.74. The zero-order valence-electron chi connectivity index (χ0n) is 7.47. The van der Waals surface area contributed by atoms with Crippen LogP contribution in [-0.4, -0.2) is 6.29 Å². The summed E-state index contributed by atoms with van der Waals surface area (Å²) in [6, 6.07) is 5.51. The zero-order valence-corrected chi connectivity index (χ0v) is 9.82. The molecule has 0 aliphatic heterocycles. The molecule has 0 amide bonds. The van der Waals surface area contributed by atoms with E-state index in [-0.39, 0.29) is 0 Å². The summed E-state index contributed by atoms with van der Waals surface area (Å²) in [5, 5.41) is 0.625. The largest absolute Gasteiger partial charge is 0.302 e. The van der Waals surface area contributed by atoms with Crippen molar-refractivity contribution in [2.45, 2.75) is 19.3 Å². The normalized spacial score (nSPS) is 11.4. The molecule has 0 aliphatic carbocycles. The molecule has 1 aromatic carbocycles. The maximum absolute atomic E-state index is 10.8. The van der Waals surface area contributed by atoms with Gasteiger partial charge in [-0.05, 0) is 37.6 Å². The molecule has 0 aliphatic rings. The van der Waals surface area contributed by atoms with Gasteiger partial charge in [0, 0.05) is 14.9 Å². The molecule has 13 heavy (non-hydrogen) atoms. The smallest absolute Gasteiger partial charge is 0.130 e. The Kier molecular flexibility index (Phi) is 3.14. The summed E-state index contributed by atoms with van der Waals surface area (Å²) >= 11 is 9.32. The van der Waals surface area contributed by atoms with Crippen molar-refractivity contribution < 1.29 is 4.79 Å². The molecule has 0 spiro atoms. The van der Waals surface area contributed by atoms with Crippen LogP contribution in [0.2, 0.25) is 5.02 Å². The quantitative estimate of drug-likeness (QED) is 0.744. The molecule has 0 aromatic heterocycles. The topological polar surface area (TPSA) is 17.1 Å². The fourth-order valence-corrected chi connectivity index (χ4v) is 1.78. The first-order valence-electron chi connectivity index (χ1n) is 3.89. The minimum Gasteiger partial charge on any atom is -0.302 e. The third-order valence-electron chi connectivity index (χ3n) is 1.92. The zero-order chi connectivity index (χ0) is 10.1. The van der Waals surface area contributed by atoms with Gasteiger partial charge in [0.2, 0.25) is 0 Å². The Hall–Kier alpha value is -0.340. The first-order valence-corrected chi connectivity index (χ1v) is 5.06. The number of halogens is 2. The molecule has 3 heteroatoms. The molecule has 0 saturated carbocycles. The van der Waals surface area contributed by atoms with Crippen LogP contribution in [0, 0.1) is 0 Å². The minimum atomic E-state index is -0.527. The molecule has 0 fully saturated rings. The Labute approximate surface area is 91.2 Å². The highest BCUT2D eigenvalue weighted by atomic mass is 79.9. The summed E-state index contributed by atoms with van der Waals surface area (Å²) in [4.78, 5) is 10.8.